The van der Waals surface area contributed by atoms with Crippen LogP contribution in [0.15, 0.2) is 48.5 Å². The molecule has 0 amide bonds. The van der Waals surface area contributed by atoms with Gasteiger partial charge >= 0.3 is 5.97 Å². The Kier molecular flexibility index (Phi) is 4.49. The monoisotopic (exact) mass is 344 g/mol. The molecular weight excluding hydrogens is 327 g/mol. The van der Waals surface area contributed by atoms with Gasteiger partial charge in [0.15, 0.2) is 5.11 Å². The summed E-state index contributed by atoms with van der Waals surface area (Å²) in [6.45, 7) is 1.80. The zero-order chi connectivity index (χ0) is 17.3. The molecule has 0 aliphatic carbocycles. The molecular formula is C18H17FN2O2S. The van der Waals surface area contributed by atoms with Gasteiger partial charge < -0.3 is 15.0 Å². The normalized spacial score (nSPS) is 17.7. The Morgan fingerprint density at radius 2 is 1.92 bits per heavy atom. The smallest absolute Gasteiger partial charge is 0.310 e. The molecule has 1 heterocycles. The van der Waals surface area contributed by atoms with Gasteiger partial charge in [0.25, 0.3) is 0 Å². The molecule has 24 heavy (non-hydrogen) atoms. The molecule has 0 saturated carbocycles. The number of rotatable bonds is 3. The van der Waals surface area contributed by atoms with Crippen LogP contribution in [-0.2, 0) is 9.53 Å². The van der Waals surface area contributed by atoms with Gasteiger partial charge in [0, 0.05) is 11.4 Å². The number of fused-ring (bicyclic) bond motifs is 1. The summed E-state index contributed by atoms with van der Waals surface area (Å²) in [5, 5.41) is 3.64. The van der Waals surface area contributed by atoms with Crippen LogP contribution in [0.3, 0.4) is 0 Å². The Bertz CT molecular complexity index is 779. The molecule has 0 bridgehead atoms. The van der Waals surface area contributed by atoms with Crippen molar-refractivity contribution in [2.24, 2.45) is 5.92 Å². The first-order valence-corrected chi connectivity index (χ1v) is 7.96. The number of halogens is 1. The topological polar surface area (TPSA) is 41.6 Å². The molecule has 0 spiro atoms. The van der Waals surface area contributed by atoms with E-state index < -0.39 is 5.92 Å². The van der Waals surface area contributed by atoms with Gasteiger partial charge in [0.05, 0.1) is 19.1 Å². The van der Waals surface area contributed by atoms with Crippen molar-refractivity contribution in [2.75, 3.05) is 17.3 Å². The van der Waals surface area contributed by atoms with Crippen LogP contribution in [-0.4, -0.2) is 18.2 Å². The average Bonchev–Trinajstić information content (AvgIpc) is 2.60. The van der Waals surface area contributed by atoms with Crippen molar-refractivity contribution in [3.63, 3.8) is 0 Å². The van der Waals surface area contributed by atoms with E-state index in [1.54, 1.807) is 19.1 Å². The van der Waals surface area contributed by atoms with E-state index in [4.69, 9.17) is 17.0 Å². The molecule has 1 aliphatic rings. The summed E-state index contributed by atoms with van der Waals surface area (Å²) >= 11 is 5.51. The van der Waals surface area contributed by atoms with Crippen molar-refractivity contribution in [2.45, 2.75) is 13.0 Å². The van der Waals surface area contributed by atoms with Crippen LogP contribution in [0.25, 0.3) is 0 Å². The minimum Gasteiger partial charge on any atom is -0.469 e. The molecule has 6 heteroatoms. The largest absolute Gasteiger partial charge is 0.469 e. The fourth-order valence-electron chi connectivity index (χ4n) is 3.00. The number of nitrogens with zero attached hydrogens (tertiary/aromatic N) is 1. The number of benzene rings is 2. The van der Waals surface area contributed by atoms with Gasteiger partial charge in [-0.25, -0.2) is 4.39 Å². The Morgan fingerprint density at radius 3 is 2.58 bits per heavy atom. The maximum Gasteiger partial charge on any atom is 0.310 e. The van der Waals surface area contributed by atoms with Gasteiger partial charge in [-0.15, -0.1) is 0 Å². The summed E-state index contributed by atoms with van der Waals surface area (Å²) in [5.74, 6) is -1.11. The number of thiocarbonyl (C=S) groups is 1. The second kappa shape index (κ2) is 6.57. The highest BCUT2D eigenvalue weighted by Crippen LogP contribution is 2.40. The number of ether oxygens (including phenoxy) is 1. The molecule has 1 aliphatic heterocycles. The molecule has 1 N–H and O–H groups in total. The van der Waals surface area contributed by atoms with Crippen LogP contribution in [0.2, 0.25) is 0 Å². The lowest BCUT2D eigenvalue weighted by Gasteiger charge is -2.41. The van der Waals surface area contributed by atoms with Crippen molar-refractivity contribution in [1.82, 2.24) is 0 Å². The lowest BCUT2D eigenvalue weighted by molar-refractivity contribution is -0.145. The Hall–Kier alpha value is -2.47. The van der Waals surface area contributed by atoms with Crippen LogP contribution in [0.5, 0.6) is 0 Å². The highest BCUT2D eigenvalue weighted by atomic mass is 32.1. The molecule has 2 unspecified atom stereocenters. The van der Waals surface area contributed by atoms with Gasteiger partial charge in [-0.05, 0) is 55.0 Å². The van der Waals surface area contributed by atoms with Crippen LogP contribution in [0, 0.1) is 11.7 Å². The first-order chi connectivity index (χ1) is 11.5. The Morgan fingerprint density at radius 1 is 1.25 bits per heavy atom. The van der Waals surface area contributed by atoms with E-state index in [1.165, 1.54) is 19.2 Å². The summed E-state index contributed by atoms with van der Waals surface area (Å²) in [7, 11) is 1.37. The maximum atomic E-state index is 13.3. The molecule has 2 aromatic carbocycles. The highest BCUT2D eigenvalue weighted by molar-refractivity contribution is 7.80. The Labute approximate surface area is 145 Å². The summed E-state index contributed by atoms with van der Waals surface area (Å²) < 4.78 is 18.2. The maximum absolute atomic E-state index is 13.3. The molecule has 0 aromatic heterocycles. The van der Waals surface area contributed by atoms with Crippen molar-refractivity contribution < 1.29 is 13.9 Å². The first kappa shape index (κ1) is 16.4. The van der Waals surface area contributed by atoms with E-state index in [-0.39, 0.29) is 17.8 Å². The fourth-order valence-corrected chi connectivity index (χ4v) is 3.33. The minimum absolute atomic E-state index is 0.326. The Balaban J connectivity index is 2.13. The van der Waals surface area contributed by atoms with Crippen molar-refractivity contribution >= 4 is 34.7 Å². The molecule has 124 valence electrons. The lowest BCUT2D eigenvalue weighted by Crippen LogP contribution is -2.46. The van der Waals surface area contributed by atoms with E-state index in [1.807, 2.05) is 29.2 Å². The summed E-state index contributed by atoms with van der Waals surface area (Å²) in [6.07, 6.45) is 0. The standard InChI is InChI=1S/C18H17FN2O2S/c1-11(17(22)23-2)16-14-5-3-4-6-15(14)20-18(24)21(16)13-9-7-12(19)8-10-13/h3-11,16H,1-2H3,(H,20,24). The molecule has 0 radical (unpaired) electrons. The predicted octanol–water partition coefficient (Wildman–Crippen LogP) is 3.89. The van der Waals surface area contributed by atoms with Crippen LogP contribution < -0.4 is 10.2 Å². The van der Waals surface area contributed by atoms with Crippen molar-refractivity contribution in [1.29, 1.82) is 0 Å². The quantitative estimate of drug-likeness (QED) is 0.676. The van der Waals surface area contributed by atoms with E-state index >= 15 is 0 Å². The number of carbonyl (C=O) groups excluding carboxylic acids is 1. The van der Waals surface area contributed by atoms with Gasteiger partial charge in [-0.2, -0.15) is 0 Å². The number of methoxy groups -OCH3 is 1. The molecule has 3 rings (SSSR count). The fraction of sp³-hybridized carbons (Fsp3) is 0.222. The number of para-hydroxylation sites is 1. The predicted molar refractivity (Wildman–Crippen MR) is 95.5 cm³/mol. The molecule has 4 nitrogen and oxygen atoms in total. The number of esters is 1. The number of hydrogen-bond donors (Lipinski definition) is 1. The summed E-state index contributed by atoms with van der Waals surface area (Å²) in [6, 6.07) is 13.4. The zero-order valence-electron chi connectivity index (χ0n) is 13.3. The van der Waals surface area contributed by atoms with E-state index in [0.29, 0.717) is 10.8 Å². The minimum atomic E-state index is -0.457. The summed E-state index contributed by atoms with van der Waals surface area (Å²) in [4.78, 5) is 14.0. The lowest BCUT2D eigenvalue weighted by atomic mass is 9.90. The van der Waals surface area contributed by atoms with E-state index in [0.717, 1.165) is 11.3 Å². The third-order valence-corrected chi connectivity index (χ3v) is 4.47. The van der Waals surface area contributed by atoms with Gasteiger partial charge in [-0.3, -0.25) is 4.79 Å². The van der Waals surface area contributed by atoms with Gasteiger partial charge in [-0.1, -0.05) is 18.2 Å². The third kappa shape index (κ3) is 2.85. The van der Waals surface area contributed by atoms with E-state index in [2.05, 4.69) is 5.32 Å². The summed E-state index contributed by atoms with van der Waals surface area (Å²) in [5.41, 5.74) is 2.51. The SMILES string of the molecule is COC(=O)C(C)C1c2ccccc2NC(=S)N1c1ccc(F)cc1. The number of anilines is 2. The van der Waals surface area contributed by atoms with E-state index in [9.17, 15) is 9.18 Å². The molecule has 0 fully saturated rings. The van der Waals surface area contributed by atoms with Crippen molar-refractivity contribution in [3.05, 3.63) is 59.9 Å². The molecule has 2 aromatic rings. The third-order valence-electron chi connectivity index (χ3n) is 4.17. The second-order valence-corrected chi connectivity index (χ2v) is 6.01. The second-order valence-electron chi connectivity index (χ2n) is 5.62. The van der Waals surface area contributed by atoms with Crippen LogP contribution >= 0.6 is 12.2 Å². The molecule has 0 saturated heterocycles. The molecule has 2 atom stereocenters. The van der Waals surface area contributed by atoms with Crippen molar-refractivity contribution in [3.8, 4) is 0 Å². The highest BCUT2D eigenvalue weighted by Gasteiger charge is 2.38. The number of carbonyl (C=O) groups is 1. The first-order valence-electron chi connectivity index (χ1n) is 7.55. The van der Waals surface area contributed by atoms with Gasteiger partial charge in [0.1, 0.15) is 5.82 Å². The van der Waals surface area contributed by atoms with Gasteiger partial charge in [0.2, 0.25) is 0 Å². The van der Waals surface area contributed by atoms with Crippen LogP contribution in [0.4, 0.5) is 15.8 Å². The number of nitrogens with one attached hydrogen (secondary N) is 1. The average molecular weight is 344 g/mol. The number of hydrogen-bond acceptors (Lipinski definition) is 3. The zero-order valence-corrected chi connectivity index (χ0v) is 14.1. The van der Waals surface area contributed by atoms with Crippen LogP contribution in [0.1, 0.15) is 18.5 Å².